The molecule has 1 N–H and O–H groups in total. The van der Waals surface area contributed by atoms with E-state index in [1.165, 1.54) is 166 Å². The molecule has 0 atom stereocenters. The molecule has 91 heavy (non-hydrogen) atoms. The van der Waals surface area contributed by atoms with Crippen LogP contribution in [0.1, 0.15) is 324 Å². The van der Waals surface area contributed by atoms with Crippen molar-refractivity contribution in [2.24, 2.45) is 0 Å². The van der Waals surface area contributed by atoms with E-state index in [9.17, 15) is 24.0 Å². The van der Waals surface area contributed by atoms with Gasteiger partial charge in [-0.25, -0.2) is 0 Å². The lowest BCUT2D eigenvalue weighted by molar-refractivity contribution is -0.151. The molecule has 0 saturated heterocycles. The molecular formula is C75H147ClN4O9S2. The fourth-order valence-electron chi connectivity index (χ4n) is 9.98. The van der Waals surface area contributed by atoms with Crippen LogP contribution in [-0.2, 0) is 38.1 Å². The van der Waals surface area contributed by atoms with Crippen LogP contribution in [0, 0.1) is 0 Å². The van der Waals surface area contributed by atoms with Crippen molar-refractivity contribution in [1.82, 2.24) is 20.0 Å². The van der Waals surface area contributed by atoms with Crippen LogP contribution in [0.5, 0.6) is 0 Å². The molecule has 0 bridgehead atoms. The number of thiol groups is 1. The largest absolute Gasteiger partial charge is 0.462 e. The third-order valence-corrected chi connectivity index (χ3v) is 16.9. The highest BCUT2D eigenvalue weighted by Crippen LogP contribution is 2.20. The molecule has 16 heteroatoms. The van der Waals surface area contributed by atoms with Crippen LogP contribution in [0.4, 0.5) is 4.79 Å². The first-order valence-corrected chi connectivity index (χ1v) is 38.9. The zero-order valence-electron chi connectivity index (χ0n) is 60.9. The SMILES string of the molecule is CCCCCC/C=C\COC(=O)CCCCCN(CCC(=O)OC(CCCCCCC)CCCCCCC)C(=O)SCCN(C)C.CCCCCC/C=C\COC(=O)CCCCCNCCC(=O)OC(CCCCCCC)CCCCCCC.CN(C)CCS.Cl. The number of nitrogens with one attached hydrogen (secondary N) is 1. The molecule has 0 aliphatic carbocycles. The summed E-state index contributed by atoms with van der Waals surface area (Å²) in [5, 5.41) is 3.36. The summed E-state index contributed by atoms with van der Waals surface area (Å²) < 4.78 is 22.5. The highest BCUT2D eigenvalue weighted by molar-refractivity contribution is 8.13. The van der Waals surface area contributed by atoms with Crippen molar-refractivity contribution >= 4 is 65.9 Å². The van der Waals surface area contributed by atoms with Gasteiger partial charge in [0.1, 0.15) is 25.4 Å². The van der Waals surface area contributed by atoms with Crippen LogP contribution in [0.3, 0.4) is 0 Å². The van der Waals surface area contributed by atoms with E-state index in [2.05, 4.69) is 81.4 Å². The third-order valence-electron chi connectivity index (χ3n) is 15.8. The average molecular weight is 1350 g/mol. The van der Waals surface area contributed by atoms with Gasteiger partial charge in [-0.3, -0.25) is 24.0 Å². The van der Waals surface area contributed by atoms with E-state index < -0.39 is 0 Å². The second kappa shape index (κ2) is 78.4. The van der Waals surface area contributed by atoms with Gasteiger partial charge in [0.05, 0.1) is 12.8 Å². The second-order valence-electron chi connectivity index (χ2n) is 25.3. The topological polar surface area (TPSA) is 144 Å². The number of nitrogens with zero attached hydrogens (tertiary/aromatic N) is 3. The minimum absolute atomic E-state index is 0. The lowest BCUT2D eigenvalue weighted by Gasteiger charge is -2.23. The monoisotopic (exact) mass is 1350 g/mol. The molecular weight excluding hydrogens is 1200 g/mol. The molecule has 0 aliphatic heterocycles. The van der Waals surface area contributed by atoms with Crippen molar-refractivity contribution in [3.05, 3.63) is 24.3 Å². The summed E-state index contributed by atoms with van der Waals surface area (Å²) >= 11 is 5.33. The Bertz CT molecular complexity index is 1600. The number of amides is 1. The lowest BCUT2D eigenvalue weighted by atomic mass is 10.0. The number of hydrogen-bond donors (Lipinski definition) is 2. The molecule has 0 saturated carbocycles. The van der Waals surface area contributed by atoms with Crippen molar-refractivity contribution in [2.45, 2.75) is 336 Å². The summed E-state index contributed by atoms with van der Waals surface area (Å²) in [6.45, 7) is 18.4. The van der Waals surface area contributed by atoms with Gasteiger partial charge in [-0.05, 0) is 137 Å². The molecule has 13 nitrogen and oxygen atoms in total. The third kappa shape index (κ3) is 78.3. The number of allylic oxidation sites excluding steroid dienone is 2. The Morgan fingerprint density at radius 1 is 0.396 bits per heavy atom. The van der Waals surface area contributed by atoms with Gasteiger partial charge in [0, 0.05) is 57.1 Å². The first-order valence-electron chi connectivity index (χ1n) is 37.3. The Kier molecular flexibility index (Phi) is 81.9. The Balaban J connectivity index is -0.000000764. The van der Waals surface area contributed by atoms with Gasteiger partial charge >= 0.3 is 23.9 Å². The summed E-state index contributed by atoms with van der Waals surface area (Å²) in [5.74, 6) is 1.12. The Morgan fingerprint density at radius 2 is 0.769 bits per heavy atom. The number of unbranched alkanes of at least 4 members (excludes halogenated alkanes) is 28. The van der Waals surface area contributed by atoms with E-state index in [1.807, 2.05) is 40.3 Å². The summed E-state index contributed by atoms with van der Waals surface area (Å²) in [5.41, 5.74) is 0. The van der Waals surface area contributed by atoms with Gasteiger partial charge in [0.25, 0.3) is 5.24 Å². The van der Waals surface area contributed by atoms with Crippen LogP contribution in [0.15, 0.2) is 24.3 Å². The molecule has 0 aromatic heterocycles. The summed E-state index contributed by atoms with van der Waals surface area (Å²) in [4.78, 5) is 68.3. The lowest BCUT2D eigenvalue weighted by Crippen LogP contribution is -2.32. The molecule has 540 valence electrons. The number of ether oxygens (including phenoxy) is 4. The van der Waals surface area contributed by atoms with Crippen LogP contribution < -0.4 is 5.32 Å². The predicted molar refractivity (Wildman–Crippen MR) is 398 cm³/mol. The van der Waals surface area contributed by atoms with Crippen molar-refractivity contribution in [3.63, 3.8) is 0 Å². The molecule has 0 rings (SSSR count). The molecule has 0 aromatic carbocycles. The standard InChI is InChI=1S/C38H72N2O5S.C33H63NO4.C4H11NS.ClH/c1-6-9-12-15-16-19-25-33-44-36(41)28-23-20-24-30-40(38(43)46-34-32-39(4)5)31-29-37(42)45-35(26-21-17-13-10-7-2)27-22-18-14-11-8-3;1-4-7-10-13-14-17-23-30-37-32(35)26-21-18-22-28-34-29-27-33(36)38-31(24-19-15-11-8-5-2)25-20-16-12-9-6-3;1-5(2)3-4-6;/h19,25,35H,6-18,20-24,26-34H2,1-5H3;17,23,31,34H,4-16,18-22,24-30H2,1-3H3;6H,3-4H2,1-2H3;1H/b25-19-;23-17-;;. The fourth-order valence-corrected chi connectivity index (χ4v) is 11.4. The minimum Gasteiger partial charge on any atom is -0.462 e. The van der Waals surface area contributed by atoms with Crippen molar-refractivity contribution in [2.75, 3.05) is 92.2 Å². The molecule has 0 unspecified atom stereocenters. The summed E-state index contributed by atoms with van der Waals surface area (Å²) in [6, 6.07) is 0. The van der Waals surface area contributed by atoms with Crippen molar-refractivity contribution < 1.29 is 42.9 Å². The summed E-state index contributed by atoms with van der Waals surface area (Å²) in [7, 11) is 8.07. The number of carbonyl (C=O) groups excluding carboxylic acids is 5. The summed E-state index contributed by atoms with van der Waals surface area (Å²) in [6.07, 6.45) is 55.4. The maximum atomic E-state index is 13.1. The fraction of sp³-hybridized carbons (Fsp3) is 0.880. The maximum absolute atomic E-state index is 13.1. The highest BCUT2D eigenvalue weighted by atomic mass is 35.5. The van der Waals surface area contributed by atoms with Crippen LogP contribution in [0.2, 0.25) is 0 Å². The van der Waals surface area contributed by atoms with E-state index in [4.69, 9.17) is 18.9 Å². The number of halogens is 1. The first-order chi connectivity index (χ1) is 43.7. The van der Waals surface area contributed by atoms with Crippen LogP contribution in [-0.4, -0.2) is 148 Å². The predicted octanol–water partition coefficient (Wildman–Crippen LogP) is 20.5. The van der Waals surface area contributed by atoms with Crippen LogP contribution in [0.25, 0.3) is 0 Å². The number of carbonyl (C=O) groups is 5. The molecule has 0 heterocycles. The van der Waals surface area contributed by atoms with Gasteiger partial charge in [-0.15, -0.1) is 12.4 Å². The molecule has 1 amide bonds. The van der Waals surface area contributed by atoms with E-state index in [0.717, 1.165) is 128 Å². The van der Waals surface area contributed by atoms with Gasteiger partial charge in [-0.1, -0.05) is 232 Å². The van der Waals surface area contributed by atoms with Gasteiger partial charge in [0.15, 0.2) is 0 Å². The van der Waals surface area contributed by atoms with E-state index in [0.29, 0.717) is 57.9 Å². The zero-order chi connectivity index (χ0) is 67.0. The van der Waals surface area contributed by atoms with Crippen molar-refractivity contribution in [1.29, 1.82) is 0 Å². The zero-order valence-corrected chi connectivity index (χ0v) is 63.5. The highest BCUT2D eigenvalue weighted by Gasteiger charge is 2.20. The van der Waals surface area contributed by atoms with Crippen molar-refractivity contribution in [3.8, 4) is 0 Å². The normalized spacial score (nSPS) is 11.3. The van der Waals surface area contributed by atoms with E-state index in [1.54, 1.807) is 4.90 Å². The smallest absolute Gasteiger partial charge is 0.307 e. The minimum atomic E-state index is -0.194. The first kappa shape index (κ1) is 95.1. The molecule has 0 aromatic rings. The molecule has 0 fully saturated rings. The van der Waals surface area contributed by atoms with Crippen LogP contribution >= 0.6 is 36.8 Å². The number of rotatable bonds is 63. The molecule has 0 spiro atoms. The quantitative estimate of drug-likeness (QED) is 0.0196. The maximum Gasteiger partial charge on any atom is 0.307 e. The van der Waals surface area contributed by atoms with E-state index >= 15 is 0 Å². The Morgan fingerprint density at radius 3 is 1.15 bits per heavy atom. The Labute approximate surface area is 578 Å². The van der Waals surface area contributed by atoms with Gasteiger partial charge in [-0.2, -0.15) is 12.6 Å². The number of esters is 4. The number of thioether (sulfide) groups is 1. The van der Waals surface area contributed by atoms with Gasteiger partial charge in [0.2, 0.25) is 0 Å². The second-order valence-corrected chi connectivity index (χ2v) is 26.8. The number of hydrogen-bond acceptors (Lipinski definition) is 14. The molecule has 0 radical (unpaired) electrons. The van der Waals surface area contributed by atoms with E-state index in [-0.39, 0.29) is 60.2 Å². The Hall–Kier alpha value is -2.30. The van der Waals surface area contributed by atoms with Gasteiger partial charge < -0.3 is 39.0 Å². The molecule has 0 aliphatic rings. The average Bonchev–Trinajstić information content (AvgIpc) is 3.58.